The van der Waals surface area contributed by atoms with Gasteiger partial charge in [0, 0.05) is 20.2 Å². The van der Waals surface area contributed by atoms with Crippen molar-refractivity contribution in [1.29, 1.82) is 5.26 Å². The summed E-state index contributed by atoms with van der Waals surface area (Å²) in [5.74, 6) is 0.708. The van der Waals surface area contributed by atoms with E-state index in [0.717, 1.165) is 11.4 Å². The van der Waals surface area contributed by atoms with Gasteiger partial charge in [-0.3, -0.25) is 0 Å². The highest BCUT2D eigenvalue weighted by molar-refractivity contribution is 5.70. The number of aromatic amines is 1. The number of H-pyrrole nitrogens is 1. The van der Waals surface area contributed by atoms with Gasteiger partial charge in [-0.1, -0.05) is 12.1 Å². The topological polar surface area (TPSA) is 53.2 Å². The van der Waals surface area contributed by atoms with Crippen molar-refractivity contribution in [3.8, 4) is 6.07 Å². The molecule has 0 atom stereocenters. The van der Waals surface area contributed by atoms with Crippen molar-refractivity contribution >= 4 is 17.2 Å². The van der Waals surface area contributed by atoms with Gasteiger partial charge < -0.3 is 4.90 Å². The maximum atomic E-state index is 9.34. The first-order valence-corrected chi connectivity index (χ1v) is 6.07. The minimum atomic E-state index is 0.606. The van der Waals surface area contributed by atoms with Gasteiger partial charge in [0.05, 0.1) is 11.9 Å². The van der Waals surface area contributed by atoms with Gasteiger partial charge in [0.2, 0.25) is 0 Å². The minimum Gasteiger partial charge on any atom is -0.376 e. The normalized spacial score (nSPS) is 9.79. The van der Waals surface area contributed by atoms with E-state index in [-0.39, 0.29) is 0 Å². The summed E-state index contributed by atoms with van der Waals surface area (Å²) < 4.78 is 0. The molecule has 0 fully saturated rings. The van der Waals surface area contributed by atoms with E-state index in [1.54, 1.807) is 0 Å². The van der Waals surface area contributed by atoms with E-state index in [2.05, 4.69) is 16.4 Å². The molecule has 1 aromatic heterocycles. The fourth-order valence-electron chi connectivity index (χ4n) is 1.94. The van der Waals surface area contributed by atoms with Gasteiger partial charge in [-0.05, 0) is 24.6 Å². The molecule has 2 aromatic rings. The molecule has 0 unspecified atom stereocenters. The third kappa shape index (κ3) is 2.83. The third-order valence-electron chi connectivity index (χ3n) is 2.86. The molecular formula is C15H17N4+. The van der Waals surface area contributed by atoms with Gasteiger partial charge in [-0.15, -0.1) is 0 Å². The molecule has 1 aromatic carbocycles. The highest BCUT2D eigenvalue weighted by Gasteiger charge is 2.16. The monoisotopic (exact) mass is 253 g/mol. The standard InChI is InChI=1S/C15H16N4/c1-11-5-4-6-12(9-11)18-15-13(10-16)14(19(2)3)7-8-17-15/h4-9H,1-3H3,(H,17,18)/p+1. The Morgan fingerprint density at radius 1 is 1.26 bits per heavy atom. The molecule has 0 aliphatic rings. The highest BCUT2D eigenvalue weighted by atomic mass is 15.1. The van der Waals surface area contributed by atoms with Crippen LogP contribution >= 0.6 is 0 Å². The molecule has 4 heteroatoms. The second kappa shape index (κ2) is 5.40. The Hall–Kier alpha value is -2.54. The number of rotatable bonds is 3. The summed E-state index contributed by atoms with van der Waals surface area (Å²) in [6, 6.07) is 12.2. The van der Waals surface area contributed by atoms with Crippen LogP contribution in [0.2, 0.25) is 0 Å². The molecule has 4 nitrogen and oxygen atoms in total. The lowest BCUT2D eigenvalue weighted by Gasteiger charge is -2.13. The molecule has 2 rings (SSSR count). The molecule has 0 aliphatic carbocycles. The molecule has 0 bridgehead atoms. The van der Waals surface area contributed by atoms with Crippen LogP contribution in [0.15, 0.2) is 36.5 Å². The zero-order chi connectivity index (χ0) is 13.8. The van der Waals surface area contributed by atoms with Crippen LogP contribution < -0.4 is 15.2 Å². The molecule has 0 spiro atoms. The number of hydrogen-bond acceptors (Lipinski definition) is 3. The number of pyridine rings is 1. The lowest BCUT2D eigenvalue weighted by atomic mass is 10.2. The first-order chi connectivity index (χ1) is 9.11. The maximum Gasteiger partial charge on any atom is 0.297 e. The van der Waals surface area contributed by atoms with Gasteiger partial charge in [0.15, 0.2) is 5.56 Å². The van der Waals surface area contributed by atoms with Crippen molar-refractivity contribution in [2.45, 2.75) is 6.92 Å². The Balaban J connectivity index is 2.41. The van der Waals surface area contributed by atoms with Crippen molar-refractivity contribution in [2.75, 3.05) is 24.3 Å². The molecule has 0 aliphatic heterocycles. The van der Waals surface area contributed by atoms with E-state index >= 15 is 0 Å². The quantitative estimate of drug-likeness (QED) is 0.914. The Bertz CT molecular complexity index is 626. The lowest BCUT2D eigenvalue weighted by molar-refractivity contribution is -0.360. The van der Waals surface area contributed by atoms with Crippen molar-refractivity contribution < 1.29 is 4.98 Å². The summed E-state index contributed by atoms with van der Waals surface area (Å²) in [4.78, 5) is 5.02. The highest BCUT2D eigenvalue weighted by Crippen LogP contribution is 2.24. The SMILES string of the molecule is Cc1cccc(Nc2[nH+]ccc(N(C)C)c2C#N)c1. The van der Waals surface area contributed by atoms with Crippen molar-refractivity contribution in [3.63, 3.8) is 0 Å². The van der Waals surface area contributed by atoms with Gasteiger partial charge in [0.25, 0.3) is 5.82 Å². The molecule has 2 N–H and O–H groups in total. The van der Waals surface area contributed by atoms with Crippen molar-refractivity contribution in [2.24, 2.45) is 0 Å². The second-order valence-corrected chi connectivity index (χ2v) is 4.61. The average Bonchev–Trinajstić information content (AvgIpc) is 2.38. The number of anilines is 3. The van der Waals surface area contributed by atoms with Crippen LogP contribution in [0.5, 0.6) is 0 Å². The number of nitrogens with one attached hydrogen (secondary N) is 2. The molecule has 1 heterocycles. The van der Waals surface area contributed by atoms with Crippen LogP contribution in [0, 0.1) is 18.3 Å². The molecule has 19 heavy (non-hydrogen) atoms. The van der Waals surface area contributed by atoms with Crippen molar-refractivity contribution in [1.82, 2.24) is 0 Å². The Morgan fingerprint density at radius 2 is 2.05 bits per heavy atom. The molecule has 0 amide bonds. The molecular weight excluding hydrogens is 236 g/mol. The first-order valence-electron chi connectivity index (χ1n) is 6.07. The molecule has 0 saturated heterocycles. The van der Waals surface area contributed by atoms with Crippen LogP contribution in [0.3, 0.4) is 0 Å². The van der Waals surface area contributed by atoms with Crippen molar-refractivity contribution in [3.05, 3.63) is 47.7 Å². The predicted molar refractivity (Wildman–Crippen MR) is 76.5 cm³/mol. The summed E-state index contributed by atoms with van der Waals surface area (Å²) in [6.45, 7) is 2.04. The second-order valence-electron chi connectivity index (χ2n) is 4.61. The zero-order valence-corrected chi connectivity index (χ0v) is 11.4. The summed E-state index contributed by atoms with van der Waals surface area (Å²) in [5, 5.41) is 12.6. The molecule has 0 saturated carbocycles. The van der Waals surface area contributed by atoms with E-state index in [0.29, 0.717) is 11.4 Å². The fraction of sp³-hybridized carbons (Fsp3) is 0.200. The summed E-state index contributed by atoms with van der Waals surface area (Å²) >= 11 is 0. The predicted octanol–water partition coefficient (Wildman–Crippen LogP) is 2.49. The van der Waals surface area contributed by atoms with Crippen LogP contribution in [0.25, 0.3) is 0 Å². The smallest absolute Gasteiger partial charge is 0.297 e. The van der Waals surface area contributed by atoms with Crippen LogP contribution in [0.4, 0.5) is 17.2 Å². The van der Waals surface area contributed by atoms with E-state index in [1.807, 2.05) is 62.4 Å². The average molecular weight is 253 g/mol. The van der Waals surface area contributed by atoms with Gasteiger partial charge >= 0.3 is 0 Å². The van der Waals surface area contributed by atoms with E-state index in [9.17, 15) is 5.26 Å². The van der Waals surface area contributed by atoms with Gasteiger partial charge in [0.1, 0.15) is 11.8 Å². The maximum absolute atomic E-state index is 9.34. The molecule has 0 radical (unpaired) electrons. The Kier molecular flexibility index (Phi) is 3.67. The van der Waals surface area contributed by atoms with E-state index in [4.69, 9.17) is 0 Å². The zero-order valence-electron chi connectivity index (χ0n) is 11.4. The number of hydrogen-bond donors (Lipinski definition) is 1. The van der Waals surface area contributed by atoms with Gasteiger partial charge in [-0.25, -0.2) is 10.3 Å². The largest absolute Gasteiger partial charge is 0.376 e. The summed E-state index contributed by atoms with van der Waals surface area (Å²) in [5.41, 5.74) is 3.63. The number of benzene rings is 1. The fourth-order valence-corrected chi connectivity index (χ4v) is 1.94. The van der Waals surface area contributed by atoms with E-state index in [1.165, 1.54) is 5.56 Å². The van der Waals surface area contributed by atoms with Crippen LogP contribution in [0.1, 0.15) is 11.1 Å². The lowest BCUT2D eigenvalue weighted by Crippen LogP contribution is -2.17. The third-order valence-corrected chi connectivity index (χ3v) is 2.86. The number of nitrogens with zero attached hydrogens (tertiary/aromatic N) is 2. The summed E-state index contributed by atoms with van der Waals surface area (Å²) in [7, 11) is 3.85. The Labute approximate surface area is 113 Å². The Morgan fingerprint density at radius 3 is 2.68 bits per heavy atom. The molecule has 96 valence electrons. The summed E-state index contributed by atoms with van der Waals surface area (Å²) in [6.07, 6.45) is 1.83. The van der Waals surface area contributed by atoms with Crippen LogP contribution in [-0.2, 0) is 0 Å². The van der Waals surface area contributed by atoms with E-state index < -0.39 is 0 Å². The first kappa shape index (κ1) is 12.9. The number of aryl methyl sites for hydroxylation is 1. The number of aromatic nitrogens is 1. The minimum absolute atomic E-state index is 0.606. The number of nitriles is 1. The van der Waals surface area contributed by atoms with Gasteiger partial charge in [-0.2, -0.15) is 5.26 Å². The van der Waals surface area contributed by atoms with Crippen LogP contribution in [-0.4, -0.2) is 14.1 Å².